The minimum absolute atomic E-state index is 0.104. The van der Waals surface area contributed by atoms with Gasteiger partial charge in [0.25, 0.3) is 11.8 Å². The van der Waals surface area contributed by atoms with Gasteiger partial charge in [-0.25, -0.2) is 0 Å². The first-order chi connectivity index (χ1) is 25.9. The first kappa shape index (κ1) is 37.5. The molecule has 3 N–H and O–H groups in total. The Morgan fingerprint density at radius 1 is 1.06 bits per heavy atom. The molecule has 2 aliphatic rings. The number of anilines is 2. The number of nitrogens with one attached hydrogen (secondary N) is 1. The molecule has 11 nitrogen and oxygen atoms in total. The zero-order valence-corrected chi connectivity index (χ0v) is 32.4. The highest BCUT2D eigenvalue weighted by molar-refractivity contribution is 6.71. The second-order valence-electron chi connectivity index (χ2n) is 14.6. The number of ether oxygens (including phenoxy) is 2. The highest BCUT2D eigenvalue weighted by Gasteiger charge is 2.66. The number of rotatable bonds is 12. The molecule has 1 spiro atoms. The van der Waals surface area contributed by atoms with E-state index in [2.05, 4.69) is 15.6 Å². The van der Waals surface area contributed by atoms with Gasteiger partial charge in [-0.15, -0.1) is 5.10 Å². The number of halogens is 1. The molecule has 5 aromatic rings. The third-order valence-electron chi connectivity index (χ3n) is 10.8. The molecule has 2 aliphatic heterocycles. The van der Waals surface area contributed by atoms with Crippen LogP contribution in [-0.4, -0.2) is 64.8 Å². The van der Waals surface area contributed by atoms with Crippen LogP contribution in [0.25, 0.3) is 0 Å². The van der Waals surface area contributed by atoms with Gasteiger partial charge < -0.3 is 29.6 Å². The average molecular weight is 766 g/mol. The Kier molecular flexibility index (Phi) is 10.5. The van der Waals surface area contributed by atoms with E-state index >= 15 is 0 Å². The number of benzene rings is 4. The van der Waals surface area contributed by atoms with Crippen LogP contribution < -0.4 is 15.0 Å². The number of hydrogen-bond acceptors (Lipinski definition) is 8. The molecule has 13 heteroatoms. The average Bonchev–Trinajstić information content (AvgIpc) is 3.82. The highest BCUT2D eigenvalue weighted by Crippen LogP contribution is 2.60. The van der Waals surface area contributed by atoms with Crippen molar-refractivity contribution >= 4 is 43.1 Å². The second kappa shape index (κ2) is 15.1. The zero-order chi connectivity index (χ0) is 38.2. The molecule has 280 valence electrons. The quantitative estimate of drug-likeness (QED) is 0.119. The Bertz CT molecular complexity index is 2120. The maximum atomic E-state index is 14.8. The van der Waals surface area contributed by atoms with Crippen molar-refractivity contribution in [1.29, 1.82) is 0 Å². The van der Waals surface area contributed by atoms with Gasteiger partial charge in [-0.1, -0.05) is 66.2 Å². The van der Waals surface area contributed by atoms with Crippen LogP contribution in [0.3, 0.4) is 0 Å². The van der Waals surface area contributed by atoms with Gasteiger partial charge in [0.15, 0.2) is 13.9 Å². The van der Waals surface area contributed by atoms with E-state index in [1.807, 2.05) is 92.9 Å². The number of hydrogen-bond donors (Lipinski definition) is 3. The number of aromatic nitrogens is 3. The Morgan fingerprint density at radius 3 is 2.44 bits per heavy atom. The number of nitrogens with zero attached hydrogens (tertiary/aromatic N) is 4. The van der Waals surface area contributed by atoms with E-state index in [0.29, 0.717) is 51.9 Å². The Balaban J connectivity index is 1.11. The molecule has 54 heavy (non-hydrogen) atoms. The zero-order valence-electron chi connectivity index (χ0n) is 30.6. The molecule has 1 unspecified atom stereocenters. The van der Waals surface area contributed by atoms with E-state index in [-0.39, 0.29) is 42.3 Å². The van der Waals surface area contributed by atoms with Crippen LogP contribution in [0, 0.1) is 5.92 Å². The number of methoxy groups -OCH3 is 1. The molecule has 3 heterocycles. The standard InChI is InChI=1S/C41H44ClN5O6Si/c1-26-38(54(3,4)51)37(20-21-46-24-35(44-45-46)33(25-48)28-8-6-5-7-9-28)53-41(26)34-22-30(42)14-19-36(34)47(40(41)50)23-27-10-15-31(16-11-27)43-39(49)29-12-17-32(52-2)18-13-29/h5-19,22,24,26,33,37-38,48,51H,20-21,23,25H2,1-4H3,(H,43,49)/t26-,33?,37+,38-,41+/m0/s1. The van der Waals surface area contributed by atoms with Gasteiger partial charge in [0.1, 0.15) is 5.75 Å². The van der Waals surface area contributed by atoms with Crippen molar-refractivity contribution in [3.05, 3.63) is 136 Å². The molecular formula is C41H44ClN5O6Si. The van der Waals surface area contributed by atoms with Crippen molar-refractivity contribution in [2.45, 2.75) is 62.7 Å². The van der Waals surface area contributed by atoms with E-state index < -0.39 is 20.0 Å². The molecular weight excluding hydrogens is 722 g/mol. The van der Waals surface area contributed by atoms with E-state index in [9.17, 15) is 19.5 Å². The van der Waals surface area contributed by atoms with Gasteiger partial charge in [-0.05, 0) is 85.2 Å². The molecule has 0 saturated carbocycles. The van der Waals surface area contributed by atoms with Crippen molar-refractivity contribution in [2.24, 2.45) is 5.92 Å². The lowest BCUT2D eigenvalue weighted by atomic mass is 9.82. The van der Waals surface area contributed by atoms with Crippen LogP contribution >= 0.6 is 11.6 Å². The van der Waals surface area contributed by atoms with Crippen LogP contribution in [0.15, 0.2) is 103 Å². The van der Waals surface area contributed by atoms with Crippen molar-refractivity contribution in [3.63, 3.8) is 0 Å². The Hall–Kier alpha value is -4.85. The minimum atomic E-state index is -2.90. The fraction of sp³-hybridized carbons (Fsp3) is 0.317. The van der Waals surface area contributed by atoms with Crippen LogP contribution in [0.5, 0.6) is 5.75 Å². The molecule has 1 saturated heterocycles. The van der Waals surface area contributed by atoms with Crippen LogP contribution in [0.1, 0.15) is 52.0 Å². The summed E-state index contributed by atoms with van der Waals surface area (Å²) in [6, 6.07) is 29.4. The van der Waals surface area contributed by atoms with Crippen molar-refractivity contribution in [1.82, 2.24) is 15.0 Å². The van der Waals surface area contributed by atoms with E-state index in [1.165, 1.54) is 0 Å². The molecule has 1 fully saturated rings. The Morgan fingerprint density at radius 2 is 1.78 bits per heavy atom. The van der Waals surface area contributed by atoms with Crippen molar-refractivity contribution in [3.8, 4) is 5.75 Å². The SMILES string of the molecule is COc1ccc(C(=O)Nc2ccc(CN3C(=O)[C@]4(O[C@H](CCn5cc(C(CO)c6ccccc6)nn5)[C@@H]([Si](C)(C)O)[C@@H]4C)c4cc(Cl)ccc43)cc2)cc1. The van der Waals surface area contributed by atoms with Crippen LogP contribution in [0.4, 0.5) is 11.4 Å². The monoisotopic (exact) mass is 765 g/mol. The minimum Gasteiger partial charge on any atom is -0.497 e. The summed E-state index contributed by atoms with van der Waals surface area (Å²) < 4.78 is 13.9. The third-order valence-corrected chi connectivity index (χ3v) is 13.5. The lowest BCUT2D eigenvalue weighted by molar-refractivity contribution is -0.146. The molecule has 1 aromatic heterocycles. The number of aryl methyl sites for hydroxylation is 1. The molecule has 4 aromatic carbocycles. The van der Waals surface area contributed by atoms with Crippen LogP contribution in [0.2, 0.25) is 23.7 Å². The second-order valence-corrected chi connectivity index (χ2v) is 19.0. The fourth-order valence-electron chi connectivity index (χ4n) is 8.20. The van der Waals surface area contributed by atoms with E-state index in [4.69, 9.17) is 21.1 Å². The lowest BCUT2D eigenvalue weighted by Crippen LogP contribution is -2.46. The summed E-state index contributed by atoms with van der Waals surface area (Å²) >= 11 is 6.59. The number of aliphatic hydroxyl groups excluding tert-OH is 1. The number of aliphatic hydroxyl groups is 1. The molecule has 7 rings (SSSR count). The largest absolute Gasteiger partial charge is 0.497 e. The van der Waals surface area contributed by atoms with Gasteiger partial charge in [-0.2, -0.15) is 0 Å². The normalized spacial score (nSPS) is 21.4. The number of carbonyl (C=O) groups is 2. The maximum Gasteiger partial charge on any atom is 0.264 e. The molecule has 2 amide bonds. The summed E-state index contributed by atoms with van der Waals surface area (Å²) in [5.41, 5.74) is 3.37. The molecule has 0 radical (unpaired) electrons. The summed E-state index contributed by atoms with van der Waals surface area (Å²) in [4.78, 5) is 41.1. The van der Waals surface area contributed by atoms with Gasteiger partial charge in [0.2, 0.25) is 0 Å². The lowest BCUT2D eigenvalue weighted by Gasteiger charge is -2.32. The van der Waals surface area contributed by atoms with Gasteiger partial charge in [0.05, 0.1) is 43.7 Å². The number of fused-ring (bicyclic) bond motifs is 2. The van der Waals surface area contributed by atoms with Crippen molar-refractivity contribution < 1.29 is 29.0 Å². The highest BCUT2D eigenvalue weighted by atomic mass is 35.5. The summed E-state index contributed by atoms with van der Waals surface area (Å²) in [7, 11) is -1.33. The van der Waals surface area contributed by atoms with E-state index in [1.54, 1.807) is 47.0 Å². The first-order valence-corrected chi connectivity index (χ1v) is 21.5. The first-order valence-electron chi connectivity index (χ1n) is 18.0. The van der Waals surface area contributed by atoms with Crippen molar-refractivity contribution in [2.75, 3.05) is 23.9 Å². The summed E-state index contributed by atoms with van der Waals surface area (Å²) in [6.07, 6.45) is 1.87. The number of carbonyl (C=O) groups excluding carboxylic acids is 2. The summed E-state index contributed by atoms with van der Waals surface area (Å²) in [5, 5.41) is 22.3. The molecule has 0 aliphatic carbocycles. The topological polar surface area (TPSA) is 139 Å². The Labute approximate surface area is 320 Å². The maximum absolute atomic E-state index is 14.8. The van der Waals surface area contributed by atoms with Crippen LogP contribution in [-0.2, 0) is 28.2 Å². The predicted octanol–water partition coefficient (Wildman–Crippen LogP) is 6.75. The molecule has 0 bridgehead atoms. The van der Waals surface area contributed by atoms with Gasteiger partial charge >= 0.3 is 0 Å². The fourth-order valence-corrected chi connectivity index (χ4v) is 11.0. The summed E-state index contributed by atoms with van der Waals surface area (Å²) in [6.45, 7) is 6.40. The smallest absolute Gasteiger partial charge is 0.264 e. The molecule has 5 atom stereocenters. The predicted molar refractivity (Wildman–Crippen MR) is 209 cm³/mol. The van der Waals surface area contributed by atoms with E-state index in [0.717, 1.165) is 11.1 Å². The number of amides is 2. The summed E-state index contributed by atoms with van der Waals surface area (Å²) in [5.74, 6) is -0.443. The van der Waals surface area contributed by atoms with Gasteiger partial charge in [-0.3, -0.25) is 14.3 Å². The van der Waals surface area contributed by atoms with Gasteiger partial charge in [0, 0.05) is 46.0 Å². The third kappa shape index (κ3) is 7.07.